The molecule has 0 aromatic carbocycles. The van der Waals surface area contributed by atoms with E-state index in [0.717, 1.165) is 15.8 Å². The van der Waals surface area contributed by atoms with Gasteiger partial charge in [-0.2, -0.15) is 0 Å². The van der Waals surface area contributed by atoms with E-state index in [1.807, 2.05) is 24.6 Å². The molecule has 0 fully saturated rings. The Morgan fingerprint density at radius 2 is 2.10 bits per heavy atom. The summed E-state index contributed by atoms with van der Waals surface area (Å²) in [4.78, 5) is 4.41. The summed E-state index contributed by atoms with van der Waals surface area (Å²) >= 11 is 1.66. The first-order chi connectivity index (χ1) is 9.71. The van der Waals surface area contributed by atoms with Crippen molar-refractivity contribution in [2.75, 3.05) is 12.3 Å². The topological polar surface area (TPSA) is 59.1 Å². The highest BCUT2D eigenvalue weighted by molar-refractivity contribution is 7.92. The second-order valence-electron chi connectivity index (χ2n) is 6.18. The summed E-state index contributed by atoms with van der Waals surface area (Å²) in [5.74, 6) is 0.148. The second-order valence-corrected chi connectivity index (χ2v) is 9.99. The van der Waals surface area contributed by atoms with Crippen molar-refractivity contribution >= 4 is 31.4 Å². The lowest BCUT2D eigenvalue weighted by atomic mass is 10.1. The van der Waals surface area contributed by atoms with Crippen LogP contribution in [0.5, 0.6) is 0 Å². The van der Waals surface area contributed by atoms with Gasteiger partial charge in [0.15, 0.2) is 9.84 Å². The minimum atomic E-state index is -3.08. The van der Waals surface area contributed by atoms with E-state index in [2.05, 4.69) is 16.4 Å². The summed E-state index contributed by atoms with van der Waals surface area (Å²) in [6.45, 7) is 7.69. The number of nitrogens with zero attached hydrogens (tertiary/aromatic N) is 1. The van der Waals surface area contributed by atoms with Crippen LogP contribution in [0.4, 0.5) is 0 Å². The molecule has 1 N–H and O–H groups in total. The minimum Gasteiger partial charge on any atom is -0.309 e. The smallest absolute Gasteiger partial charge is 0.156 e. The molecule has 0 saturated carbocycles. The van der Waals surface area contributed by atoms with Crippen LogP contribution < -0.4 is 5.32 Å². The molecule has 2 aromatic heterocycles. The Kier molecular flexibility index (Phi) is 4.70. The third-order valence-corrected chi connectivity index (χ3v) is 7.04. The summed E-state index contributed by atoms with van der Waals surface area (Å²) in [7, 11) is -3.08. The van der Waals surface area contributed by atoms with Crippen LogP contribution in [-0.4, -0.2) is 30.4 Å². The van der Waals surface area contributed by atoms with Crippen molar-refractivity contribution in [3.63, 3.8) is 0 Å². The molecule has 6 heteroatoms. The normalized spacial score (nSPS) is 14.5. The summed E-state index contributed by atoms with van der Waals surface area (Å²) in [6, 6.07) is 4.19. The highest BCUT2D eigenvalue weighted by Gasteiger charge is 2.28. The van der Waals surface area contributed by atoms with Gasteiger partial charge in [-0.15, -0.1) is 11.3 Å². The van der Waals surface area contributed by atoms with Crippen molar-refractivity contribution in [3.05, 3.63) is 29.3 Å². The van der Waals surface area contributed by atoms with Gasteiger partial charge in [-0.1, -0.05) is 0 Å². The van der Waals surface area contributed by atoms with Gasteiger partial charge in [-0.25, -0.2) is 8.42 Å². The van der Waals surface area contributed by atoms with Crippen molar-refractivity contribution in [1.29, 1.82) is 0 Å². The quantitative estimate of drug-likeness (QED) is 0.917. The van der Waals surface area contributed by atoms with Crippen LogP contribution in [0.25, 0.3) is 10.2 Å². The standard InChI is InChI=1S/C15H22N2O2S2/c1-11(16-6-8-21(18,19)15(2,3)4)12-9-14-13(17-10-12)5-7-20-14/h5,7,9-11,16H,6,8H2,1-4H3/t11-/m1/s1. The number of sulfone groups is 1. The number of aromatic nitrogens is 1. The Morgan fingerprint density at radius 3 is 2.76 bits per heavy atom. The minimum absolute atomic E-state index is 0.0826. The molecule has 21 heavy (non-hydrogen) atoms. The van der Waals surface area contributed by atoms with Gasteiger partial charge in [0.05, 0.1) is 20.7 Å². The van der Waals surface area contributed by atoms with Gasteiger partial charge in [0, 0.05) is 18.8 Å². The van der Waals surface area contributed by atoms with Gasteiger partial charge in [0.2, 0.25) is 0 Å². The lowest BCUT2D eigenvalue weighted by Crippen LogP contribution is -2.35. The zero-order valence-electron chi connectivity index (χ0n) is 12.9. The van der Waals surface area contributed by atoms with Crippen molar-refractivity contribution < 1.29 is 8.42 Å². The monoisotopic (exact) mass is 326 g/mol. The van der Waals surface area contributed by atoms with Crippen LogP contribution in [-0.2, 0) is 9.84 Å². The molecule has 0 unspecified atom stereocenters. The van der Waals surface area contributed by atoms with Crippen LogP contribution >= 0.6 is 11.3 Å². The van der Waals surface area contributed by atoms with Crippen LogP contribution in [0.2, 0.25) is 0 Å². The van der Waals surface area contributed by atoms with Crippen LogP contribution in [0.1, 0.15) is 39.3 Å². The Morgan fingerprint density at radius 1 is 1.38 bits per heavy atom. The van der Waals surface area contributed by atoms with Crippen molar-refractivity contribution in [2.24, 2.45) is 0 Å². The number of nitrogens with one attached hydrogen (secondary N) is 1. The lowest BCUT2D eigenvalue weighted by Gasteiger charge is -2.20. The van der Waals surface area contributed by atoms with Gasteiger partial charge in [0.1, 0.15) is 0 Å². The second kappa shape index (κ2) is 6.02. The molecule has 0 radical (unpaired) electrons. The number of pyridine rings is 1. The summed E-state index contributed by atoms with van der Waals surface area (Å²) in [5.41, 5.74) is 2.09. The fourth-order valence-electron chi connectivity index (χ4n) is 1.93. The van der Waals surface area contributed by atoms with Gasteiger partial charge < -0.3 is 5.32 Å². The fraction of sp³-hybridized carbons (Fsp3) is 0.533. The summed E-state index contributed by atoms with van der Waals surface area (Å²) in [5, 5.41) is 5.29. The van der Waals surface area contributed by atoms with Crippen LogP contribution in [0.3, 0.4) is 0 Å². The first kappa shape index (κ1) is 16.4. The average Bonchev–Trinajstić information content (AvgIpc) is 2.84. The molecule has 0 spiro atoms. The third-order valence-electron chi connectivity index (χ3n) is 3.58. The molecule has 0 aliphatic carbocycles. The van der Waals surface area contributed by atoms with Crippen molar-refractivity contribution in [1.82, 2.24) is 10.3 Å². The number of thiophene rings is 1. The van der Waals surface area contributed by atoms with E-state index in [-0.39, 0.29) is 11.8 Å². The average molecular weight is 326 g/mol. The van der Waals surface area contributed by atoms with E-state index in [1.54, 1.807) is 32.1 Å². The first-order valence-corrected chi connectivity index (χ1v) is 9.53. The number of fused-ring (bicyclic) bond motifs is 1. The molecule has 2 rings (SSSR count). The zero-order valence-corrected chi connectivity index (χ0v) is 14.5. The van der Waals surface area contributed by atoms with E-state index in [1.165, 1.54) is 0 Å². The maximum absolute atomic E-state index is 12.1. The molecule has 4 nitrogen and oxygen atoms in total. The van der Waals surface area contributed by atoms with E-state index in [4.69, 9.17) is 0 Å². The predicted octanol–water partition coefficient (Wildman–Crippen LogP) is 3.16. The Bertz CT molecular complexity index is 715. The molecule has 0 aliphatic rings. The molecule has 0 saturated heterocycles. The number of rotatable bonds is 5. The number of hydrogen-bond donors (Lipinski definition) is 1. The fourth-order valence-corrected chi connectivity index (χ4v) is 3.72. The number of hydrogen-bond acceptors (Lipinski definition) is 5. The SMILES string of the molecule is C[C@@H](NCCS(=O)(=O)C(C)(C)C)c1cnc2ccsc2c1. The van der Waals surface area contributed by atoms with Gasteiger partial charge in [0.25, 0.3) is 0 Å². The largest absolute Gasteiger partial charge is 0.309 e. The van der Waals surface area contributed by atoms with E-state index < -0.39 is 14.6 Å². The van der Waals surface area contributed by atoms with Crippen LogP contribution in [0.15, 0.2) is 23.7 Å². The van der Waals surface area contributed by atoms with Crippen molar-refractivity contribution in [3.8, 4) is 0 Å². The maximum Gasteiger partial charge on any atom is 0.156 e. The first-order valence-electron chi connectivity index (χ1n) is 6.99. The highest BCUT2D eigenvalue weighted by Crippen LogP contribution is 2.22. The highest BCUT2D eigenvalue weighted by atomic mass is 32.2. The van der Waals surface area contributed by atoms with Gasteiger partial charge in [-0.3, -0.25) is 4.98 Å². The Balaban J connectivity index is 1.97. The Labute approximate surface area is 130 Å². The molecule has 0 aliphatic heterocycles. The molecule has 2 heterocycles. The molecule has 2 aromatic rings. The zero-order chi connectivity index (χ0) is 15.7. The molecule has 116 valence electrons. The molecule has 0 amide bonds. The van der Waals surface area contributed by atoms with Gasteiger partial charge in [-0.05, 0) is 50.8 Å². The Hall–Kier alpha value is -0.980. The summed E-state index contributed by atoms with van der Waals surface area (Å²) in [6.07, 6.45) is 1.85. The lowest BCUT2D eigenvalue weighted by molar-refractivity contribution is 0.546. The van der Waals surface area contributed by atoms with E-state index in [0.29, 0.717) is 6.54 Å². The van der Waals surface area contributed by atoms with Crippen molar-refractivity contribution in [2.45, 2.75) is 38.5 Å². The summed E-state index contributed by atoms with van der Waals surface area (Å²) < 4.78 is 24.6. The maximum atomic E-state index is 12.1. The predicted molar refractivity (Wildman–Crippen MR) is 89.6 cm³/mol. The molecule has 1 atom stereocenters. The third kappa shape index (κ3) is 3.81. The van der Waals surface area contributed by atoms with E-state index in [9.17, 15) is 8.42 Å². The van der Waals surface area contributed by atoms with Gasteiger partial charge >= 0.3 is 0 Å². The molecular formula is C15H22N2O2S2. The van der Waals surface area contributed by atoms with E-state index >= 15 is 0 Å². The molecule has 0 bridgehead atoms. The molecular weight excluding hydrogens is 304 g/mol. The van der Waals surface area contributed by atoms with Crippen LogP contribution in [0, 0.1) is 0 Å².